The van der Waals surface area contributed by atoms with Crippen molar-refractivity contribution in [1.29, 1.82) is 0 Å². The fourth-order valence-corrected chi connectivity index (χ4v) is 3.39. The Kier molecular flexibility index (Phi) is 6.64. The van der Waals surface area contributed by atoms with Gasteiger partial charge in [-0.05, 0) is 20.0 Å². The highest BCUT2D eigenvalue weighted by molar-refractivity contribution is 7.92. The van der Waals surface area contributed by atoms with Crippen LogP contribution in [0.2, 0.25) is 0 Å². The average Bonchev–Trinajstić information content (AvgIpc) is 2.44. The minimum atomic E-state index is -3.58. The molecule has 1 unspecified atom stereocenters. The minimum Gasteiger partial charge on any atom is -0.496 e. The number of carbonyl (C=O) groups is 1. The molecule has 21 heavy (non-hydrogen) atoms. The molecule has 118 valence electrons. The Morgan fingerprint density at radius 3 is 2.57 bits per heavy atom. The summed E-state index contributed by atoms with van der Waals surface area (Å²) in [5.74, 6) is -0.952. The lowest BCUT2D eigenvalue weighted by Gasteiger charge is -2.19. The van der Waals surface area contributed by atoms with E-state index in [1.807, 2.05) is 6.07 Å². The summed E-state index contributed by atoms with van der Waals surface area (Å²) < 4.78 is 34.1. The number of nitrogens with one attached hydrogen (secondary N) is 1. The fraction of sp³-hybridized carbons (Fsp3) is 0.500. The molecule has 7 heteroatoms. The highest BCUT2D eigenvalue weighted by Crippen LogP contribution is 2.25. The fourth-order valence-electron chi connectivity index (χ4n) is 1.98. The SMILES string of the molecule is CCOC(=O)CS(=O)(=O)CC(NC)c1ccccc1OC. The topological polar surface area (TPSA) is 81.7 Å². The Bertz CT molecular complexity index is 570. The Labute approximate surface area is 125 Å². The van der Waals surface area contributed by atoms with Crippen LogP contribution in [0.3, 0.4) is 0 Å². The van der Waals surface area contributed by atoms with Gasteiger partial charge in [-0.2, -0.15) is 0 Å². The number of hydrogen-bond acceptors (Lipinski definition) is 6. The molecule has 0 aliphatic carbocycles. The normalized spacial score (nSPS) is 12.7. The molecule has 0 spiro atoms. The van der Waals surface area contributed by atoms with Crippen LogP contribution in [0.15, 0.2) is 24.3 Å². The van der Waals surface area contributed by atoms with E-state index in [0.717, 1.165) is 5.56 Å². The second kappa shape index (κ2) is 7.99. The van der Waals surface area contributed by atoms with Crippen molar-refractivity contribution in [1.82, 2.24) is 5.32 Å². The molecule has 0 fully saturated rings. The summed E-state index contributed by atoms with van der Waals surface area (Å²) in [7, 11) is -0.390. The zero-order valence-corrected chi connectivity index (χ0v) is 13.3. The van der Waals surface area contributed by atoms with Crippen molar-refractivity contribution in [2.45, 2.75) is 13.0 Å². The van der Waals surface area contributed by atoms with Crippen molar-refractivity contribution >= 4 is 15.8 Å². The summed E-state index contributed by atoms with van der Waals surface area (Å²) in [6, 6.07) is 6.71. The predicted octanol–water partition coefficient (Wildman–Crippen LogP) is 0.934. The molecule has 1 N–H and O–H groups in total. The third-order valence-electron chi connectivity index (χ3n) is 2.93. The van der Waals surface area contributed by atoms with Crippen LogP contribution in [-0.2, 0) is 19.4 Å². The minimum absolute atomic E-state index is 0.163. The lowest BCUT2D eigenvalue weighted by Crippen LogP contribution is -2.29. The first-order valence-electron chi connectivity index (χ1n) is 6.59. The van der Waals surface area contributed by atoms with Gasteiger partial charge in [0.05, 0.1) is 19.5 Å². The second-order valence-electron chi connectivity index (χ2n) is 4.44. The van der Waals surface area contributed by atoms with Crippen LogP contribution in [-0.4, -0.2) is 46.7 Å². The lowest BCUT2D eigenvalue weighted by atomic mass is 10.1. The van der Waals surface area contributed by atoms with Crippen LogP contribution >= 0.6 is 0 Å². The number of rotatable bonds is 8. The number of methoxy groups -OCH3 is 1. The van der Waals surface area contributed by atoms with Crippen LogP contribution < -0.4 is 10.1 Å². The van der Waals surface area contributed by atoms with E-state index >= 15 is 0 Å². The molecular formula is C14H21NO5S. The first kappa shape index (κ1) is 17.5. The number of sulfone groups is 1. The van der Waals surface area contributed by atoms with Gasteiger partial charge in [-0.1, -0.05) is 18.2 Å². The van der Waals surface area contributed by atoms with E-state index in [4.69, 9.17) is 4.74 Å². The molecule has 1 aromatic carbocycles. The number of esters is 1. The van der Waals surface area contributed by atoms with Crippen molar-refractivity contribution in [3.63, 3.8) is 0 Å². The van der Waals surface area contributed by atoms with Gasteiger partial charge in [-0.25, -0.2) is 8.42 Å². The van der Waals surface area contributed by atoms with Gasteiger partial charge in [-0.3, -0.25) is 4.79 Å². The molecule has 0 saturated heterocycles. The molecule has 0 bridgehead atoms. The summed E-state index contributed by atoms with van der Waals surface area (Å²) in [4.78, 5) is 11.3. The maximum absolute atomic E-state index is 12.1. The zero-order chi connectivity index (χ0) is 15.9. The van der Waals surface area contributed by atoms with Crippen LogP contribution in [0, 0.1) is 0 Å². The van der Waals surface area contributed by atoms with Crippen molar-refractivity contribution < 1.29 is 22.7 Å². The molecular weight excluding hydrogens is 294 g/mol. The number of ether oxygens (including phenoxy) is 2. The van der Waals surface area contributed by atoms with Gasteiger partial charge in [-0.15, -0.1) is 0 Å². The van der Waals surface area contributed by atoms with E-state index in [9.17, 15) is 13.2 Å². The number of para-hydroxylation sites is 1. The van der Waals surface area contributed by atoms with E-state index in [1.165, 1.54) is 7.11 Å². The summed E-state index contributed by atoms with van der Waals surface area (Å²) in [5.41, 5.74) is 0.731. The monoisotopic (exact) mass is 315 g/mol. The van der Waals surface area contributed by atoms with E-state index < -0.39 is 27.6 Å². The van der Waals surface area contributed by atoms with Gasteiger partial charge in [0.1, 0.15) is 11.5 Å². The smallest absolute Gasteiger partial charge is 0.321 e. The third-order valence-corrected chi connectivity index (χ3v) is 4.44. The molecule has 1 rings (SSSR count). The van der Waals surface area contributed by atoms with Gasteiger partial charge < -0.3 is 14.8 Å². The number of benzene rings is 1. The molecule has 0 radical (unpaired) electrons. The highest BCUT2D eigenvalue weighted by Gasteiger charge is 2.24. The van der Waals surface area contributed by atoms with E-state index in [-0.39, 0.29) is 12.4 Å². The quantitative estimate of drug-likeness (QED) is 0.719. The summed E-state index contributed by atoms with van der Waals surface area (Å²) in [6.45, 7) is 1.80. The van der Waals surface area contributed by atoms with Crippen molar-refractivity contribution in [3.8, 4) is 5.75 Å². The summed E-state index contributed by atoms with van der Waals surface area (Å²) in [6.07, 6.45) is 0. The number of hydrogen-bond donors (Lipinski definition) is 1. The average molecular weight is 315 g/mol. The molecule has 6 nitrogen and oxygen atoms in total. The van der Waals surface area contributed by atoms with Crippen LogP contribution in [0.25, 0.3) is 0 Å². The Balaban J connectivity index is 2.89. The molecule has 1 atom stereocenters. The molecule has 0 saturated carbocycles. The van der Waals surface area contributed by atoms with Crippen LogP contribution in [0.1, 0.15) is 18.5 Å². The van der Waals surface area contributed by atoms with Crippen molar-refractivity contribution in [2.75, 3.05) is 32.3 Å². The first-order chi connectivity index (χ1) is 9.93. The van der Waals surface area contributed by atoms with Crippen molar-refractivity contribution in [3.05, 3.63) is 29.8 Å². The lowest BCUT2D eigenvalue weighted by molar-refractivity contribution is -0.139. The van der Waals surface area contributed by atoms with E-state index in [1.54, 1.807) is 32.2 Å². The van der Waals surface area contributed by atoms with Gasteiger partial charge in [0.25, 0.3) is 0 Å². The Morgan fingerprint density at radius 2 is 2.00 bits per heavy atom. The molecule has 0 heterocycles. The highest BCUT2D eigenvalue weighted by atomic mass is 32.2. The Morgan fingerprint density at radius 1 is 1.33 bits per heavy atom. The standard InChI is InChI=1S/C14H21NO5S/c1-4-20-14(16)10-21(17,18)9-12(15-2)11-7-5-6-8-13(11)19-3/h5-8,12,15H,4,9-10H2,1-3H3. The maximum atomic E-state index is 12.1. The molecule has 0 aliphatic rings. The number of carbonyl (C=O) groups excluding carboxylic acids is 1. The Hall–Kier alpha value is -1.60. The molecule has 0 aromatic heterocycles. The third kappa shape index (κ3) is 5.35. The zero-order valence-electron chi connectivity index (χ0n) is 12.5. The molecule has 0 aliphatic heterocycles. The first-order valence-corrected chi connectivity index (χ1v) is 8.41. The summed E-state index contributed by atoms with van der Waals surface area (Å²) >= 11 is 0. The second-order valence-corrected chi connectivity index (χ2v) is 6.55. The van der Waals surface area contributed by atoms with Gasteiger partial charge in [0, 0.05) is 11.6 Å². The van der Waals surface area contributed by atoms with Crippen LogP contribution in [0.4, 0.5) is 0 Å². The largest absolute Gasteiger partial charge is 0.496 e. The van der Waals surface area contributed by atoms with Gasteiger partial charge in [0.2, 0.25) is 0 Å². The summed E-state index contributed by atoms with van der Waals surface area (Å²) in [5, 5.41) is 2.94. The van der Waals surface area contributed by atoms with Gasteiger partial charge >= 0.3 is 5.97 Å². The molecule has 1 aromatic rings. The predicted molar refractivity (Wildman–Crippen MR) is 80.1 cm³/mol. The van der Waals surface area contributed by atoms with E-state index in [0.29, 0.717) is 5.75 Å². The maximum Gasteiger partial charge on any atom is 0.321 e. The van der Waals surface area contributed by atoms with Crippen LogP contribution in [0.5, 0.6) is 5.75 Å². The molecule has 0 amide bonds. The van der Waals surface area contributed by atoms with E-state index in [2.05, 4.69) is 10.1 Å². The van der Waals surface area contributed by atoms with Gasteiger partial charge in [0.15, 0.2) is 9.84 Å². The van der Waals surface area contributed by atoms with Crippen molar-refractivity contribution in [2.24, 2.45) is 0 Å².